The lowest BCUT2D eigenvalue weighted by atomic mass is 10.1. The summed E-state index contributed by atoms with van der Waals surface area (Å²) in [6, 6.07) is 0.622. The van der Waals surface area contributed by atoms with E-state index in [9.17, 15) is 0 Å². The third-order valence-electron chi connectivity index (χ3n) is 3.17. The van der Waals surface area contributed by atoms with E-state index >= 15 is 0 Å². The maximum Gasteiger partial charge on any atom is 0.0595 e. The van der Waals surface area contributed by atoms with E-state index in [2.05, 4.69) is 11.8 Å². The smallest absolute Gasteiger partial charge is 0.0595 e. The van der Waals surface area contributed by atoms with Gasteiger partial charge < -0.3 is 10.8 Å². The van der Waals surface area contributed by atoms with Gasteiger partial charge in [-0.2, -0.15) is 0 Å². The molecule has 1 heterocycles. The maximum absolute atomic E-state index is 8.94. The lowest BCUT2D eigenvalue weighted by Gasteiger charge is -2.30. The van der Waals surface area contributed by atoms with Crippen molar-refractivity contribution in [1.29, 1.82) is 0 Å². The van der Waals surface area contributed by atoms with Crippen LogP contribution in [0.4, 0.5) is 0 Å². The van der Waals surface area contributed by atoms with Crippen LogP contribution in [0.2, 0.25) is 0 Å². The molecule has 0 aromatic heterocycles. The largest absolute Gasteiger partial charge is 0.395 e. The van der Waals surface area contributed by atoms with Crippen LogP contribution >= 0.6 is 0 Å². The average molecular weight is 200 g/mol. The van der Waals surface area contributed by atoms with Crippen molar-refractivity contribution in [2.24, 2.45) is 5.73 Å². The lowest BCUT2D eigenvalue weighted by molar-refractivity contribution is 0.157. The molecule has 1 aliphatic rings. The van der Waals surface area contributed by atoms with Gasteiger partial charge in [0.25, 0.3) is 0 Å². The molecule has 0 radical (unpaired) electrons. The fourth-order valence-corrected chi connectivity index (χ4v) is 2.30. The lowest BCUT2D eigenvalue weighted by Crippen LogP contribution is -2.44. The van der Waals surface area contributed by atoms with Gasteiger partial charge in [0.1, 0.15) is 0 Å². The predicted octanol–water partition coefficient (Wildman–Crippen LogP) is 0.961. The molecule has 0 amide bonds. The number of hydrogen-bond acceptors (Lipinski definition) is 3. The third kappa shape index (κ3) is 3.56. The van der Waals surface area contributed by atoms with Crippen molar-refractivity contribution in [3.8, 4) is 0 Å². The van der Waals surface area contributed by atoms with Gasteiger partial charge in [-0.25, -0.2) is 0 Å². The monoisotopic (exact) mass is 200 g/mol. The summed E-state index contributed by atoms with van der Waals surface area (Å²) in [7, 11) is 0. The van der Waals surface area contributed by atoms with Gasteiger partial charge in [0.05, 0.1) is 6.61 Å². The molecule has 1 rings (SSSR count). The van der Waals surface area contributed by atoms with E-state index in [-0.39, 0.29) is 12.6 Å². The van der Waals surface area contributed by atoms with E-state index in [1.54, 1.807) is 0 Å². The molecule has 0 aromatic carbocycles. The van der Waals surface area contributed by atoms with E-state index in [0.29, 0.717) is 6.04 Å². The van der Waals surface area contributed by atoms with Gasteiger partial charge in [0.2, 0.25) is 0 Å². The number of likely N-dealkylation sites (tertiary alicyclic amines) is 1. The van der Waals surface area contributed by atoms with Gasteiger partial charge in [-0.1, -0.05) is 19.8 Å². The molecule has 0 aliphatic carbocycles. The molecule has 0 aromatic rings. The molecule has 3 heteroatoms. The van der Waals surface area contributed by atoms with Crippen LogP contribution in [0.1, 0.15) is 39.0 Å². The summed E-state index contributed by atoms with van der Waals surface area (Å²) in [5, 5.41) is 8.94. The summed E-state index contributed by atoms with van der Waals surface area (Å²) in [6.45, 7) is 4.36. The van der Waals surface area contributed by atoms with Gasteiger partial charge in [0.15, 0.2) is 0 Å². The maximum atomic E-state index is 8.94. The number of rotatable bonds is 4. The van der Waals surface area contributed by atoms with E-state index in [0.717, 1.165) is 13.1 Å². The molecule has 2 unspecified atom stereocenters. The minimum Gasteiger partial charge on any atom is -0.395 e. The standard InChI is InChI=1S/C11H24N2O/c1-2-11-6-4-3-5-7-13(11)8-10(12)9-14/h10-11,14H,2-9,12H2,1H3. The highest BCUT2D eigenvalue weighted by molar-refractivity contribution is 4.77. The Morgan fingerprint density at radius 3 is 2.86 bits per heavy atom. The number of aliphatic hydroxyl groups is 1. The van der Waals surface area contributed by atoms with Crippen LogP contribution < -0.4 is 5.73 Å². The quantitative estimate of drug-likeness (QED) is 0.710. The Balaban J connectivity index is 2.43. The highest BCUT2D eigenvalue weighted by Gasteiger charge is 2.20. The number of nitrogens with zero attached hydrogens (tertiary/aromatic N) is 1. The Hall–Kier alpha value is -0.120. The first-order chi connectivity index (χ1) is 6.77. The zero-order valence-corrected chi connectivity index (χ0v) is 9.28. The molecule has 1 saturated heterocycles. The molecular formula is C11H24N2O. The van der Waals surface area contributed by atoms with Gasteiger partial charge in [-0.05, 0) is 25.8 Å². The van der Waals surface area contributed by atoms with Crippen LogP contribution in [0.15, 0.2) is 0 Å². The third-order valence-corrected chi connectivity index (χ3v) is 3.17. The number of aliphatic hydroxyl groups excluding tert-OH is 1. The minimum atomic E-state index is -0.0675. The van der Waals surface area contributed by atoms with Crippen molar-refractivity contribution in [2.45, 2.75) is 51.1 Å². The SMILES string of the molecule is CCC1CCCCCN1CC(N)CO. The number of nitrogens with two attached hydrogens (primary N) is 1. The zero-order valence-electron chi connectivity index (χ0n) is 9.28. The molecule has 0 bridgehead atoms. The van der Waals surface area contributed by atoms with Gasteiger partial charge in [-0.3, -0.25) is 4.90 Å². The number of hydrogen-bond donors (Lipinski definition) is 2. The van der Waals surface area contributed by atoms with E-state index in [4.69, 9.17) is 10.8 Å². The second-order valence-corrected chi connectivity index (χ2v) is 4.35. The predicted molar refractivity (Wildman–Crippen MR) is 59.2 cm³/mol. The molecule has 2 atom stereocenters. The van der Waals surface area contributed by atoms with E-state index in [1.165, 1.54) is 32.1 Å². The summed E-state index contributed by atoms with van der Waals surface area (Å²) in [5.41, 5.74) is 5.78. The van der Waals surface area contributed by atoms with Crippen LogP contribution in [-0.2, 0) is 0 Å². The summed E-state index contributed by atoms with van der Waals surface area (Å²) in [5.74, 6) is 0. The Kier molecular flexibility index (Phi) is 5.45. The second kappa shape index (κ2) is 6.38. The van der Waals surface area contributed by atoms with Gasteiger partial charge in [-0.15, -0.1) is 0 Å². The van der Waals surface area contributed by atoms with Crippen LogP contribution in [0, 0.1) is 0 Å². The molecule has 1 fully saturated rings. The molecule has 84 valence electrons. The first-order valence-electron chi connectivity index (χ1n) is 5.88. The van der Waals surface area contributed by atoms with Crippen LogP contribution in [0.3, 0.4) is 0 Å². The molecular weight excluding hydrogens is 176 g/mol. The summed E-state index contributed by atoms with van der Waals surface area (Å²) >= 11 is 0. The molecule has 3 N–H and O–H groups in total. The van der Waals surface area contributed by atoms with Crippen molar-refractivity contribution in [2.75, 3.05) is 19.7 Å². The normalized spacial score (nSPS) is 27.2. The summed E-state index contributed by atoms with van der Waals surface area (Å²) < 4.78 is 0. The Morgan fingerprint density at radius 2 is 2.21 bits per heavy atom. The summed E-state index contributed by atoms with van der Waals surface area (Å²) in [4.78, 5) is 2.47. The highest BCUT2D eigenvalue weighted by Crippen LogP contribution is 2.18. The second-order valence-electron chi connectivity index (χ2n) is 4.35. The van der Waals surface area contributed by atoms with Crippen molar-refractivity contribution in [1.82, 2.24) is 4.90 Å². The molecule has 0 spiro atoms. The average Bonchev–Trinajstić information content (AvgIpc) is 2.42. The summed E-state index contributed by atoms with van der Waals surface area (Å²) in [6.07, 6.45) is 6.49. The van der Waals surface area contributed by atoms with Crippen molar-refractivity contribution in [3.63, 3.8) is 0 Å². The molecule has 0 saturated carbocycles. The van der Waals surface area contributed by atoms with Crippen LogP contribution in [0.5, 0.6) is 0 Å². The first-order valence-corrected chi connectivity index (χ1v) is 5.88. The topological polar surface area (TPSA) is 49.5 Å². The van der Waals surface area contributed by atoms with Crippen LogP contribution in [-0.4, -0.2) is 41.8 Å². The Morgan fingerprint density at radius 1 is 1.43 bits per heavy atom. The van der Waals surface area contributed by atoms with Crippen LogP contribution in [0.25, 0.3) is 0 Å². The zero-order chi connectivity index (χ0) is 10.4. The highest BCUT2D eigenvalue weighted by atomic mass is 16.3. The van der Waals surface area contributed by atoms with Gasteiger partial charge >= 0.3 is 0 Å². The minimum absolute atomic E-state index is 0.0675. The van der Waals surface area contributed by atoms with Crippen molar-refractivity contribution < 1.29 is 5.11 Å². The molecule has 14 heavy (non-hydrogen) atoms. The molecule has 3 nitrogen and oxygen atoms in total. The van der Waals surface area contributed by atoms with E-state index in [1.807, 2.05) is 0 Å². The fourth-order valence-electron chi connectivity index (χ4n) is 2.30. The van der Waals surface area contributed by atoms with E-state index < -0.39 is 0 Å². The van der Waals surface area contributed by atoms with Crippen molar-refractivity contribution in [3.05, 3.63) is 0 Å². The first kappa shape index (κ1) is 12.0. The molecule has 1 aliphatic heterocycles. The Labute approximate surface area is 87.3 Å². The Bertz CT molecular complexity index is 152. The van der Waals surface area contributed by atoms with Crippen molar-refractivity contribution >= 4 is 0 Å². The fraction of sp³-hybridized carbons (Fsp3) is 1.00. The van der Waals surface area contributed by atoms with Gasteiger partial charge in [0, 0.05) is 18.6 Å².